The Morgan fingerprint density at radius 3 is 2.20 bits per heavy atom. The van der Waals surface area contributed by atoms with Gasteiger partial charge in [0.2, 0.25) is 0 Å². The number of hydrogen-bond acceptors (Lipinski definition) is 3. The molecule has 3 heteroatoms. The van der Waals surface area contributed by atoms with E-state index in [0.717, 1.165) is 86.3 Å². The highest BCUT2D eigenvalue weighted by Gasteiger charge is 2.46. The zero-order valence-corrected chi connectivity index (χ0v) is 38.1. The van der Waals surface area contributed by atoms with Gasteiger partial charge in [-0.2, -0.15) is 0 Å². The smallest absolute Gasteiger partial charge is 0.136 e. The average molecular weight is 834 g/mol. The Hall–Kier alpha value is -6.84. The fourth-order valence-electron chi connectivity index (χ4n) is 11.3. The van der Waals surface area contributed by atoms with Crippen LogP contribution in [0.1, 0.15) is 101 Å². The maximum Gasteiger partial charge on any atom is 0.136 e. The fourth-order valence-corrected chi connectivity index (χ4v) is 11.3. The third-order valence-electron chi connectivity index (χ3n) is 14.7. The molecule has 0 fully saturated rings. The Morgan fingerprint density at radius 2 is 1.44 bits per heavy atom. The van der Waals surface area contributed by atoms with Crippen LogP contribution in [0.15, 0.2) is 191 Å². The monoisotopic (exact) mass is 833 g/mol. The van der Waals surface area contributed by atoms with E-state index < -0.39 is 0 Å². The van der Waals surface area contributed by atoms with Crippen molar-refractivity contribution in [2.24, 2.45) is 0 Å². The summed E-state index contributed by atoms with van der Waals surface area (Å²) in [6.45, 7) is 16.4. The van der Waals surface area contributed by atoms with E-state index in [2.05, 4.69) is 199 Å². The summed E-state index contributed by atoms with van der Waals surface area (Å²) in [5.74, 6) is 2.29. The van der Waals surface area contributed by atoms with Gasteiger partial charge in [-0.3, -0.25) is 0 Å². The van der Waals surface area contributed by atoms with Gasteiger partial charge in [0.25, 0.3) is 0 Å². The summed E-state index contributed by atoms with van der Waals surface area (Å²) in [5, 5.41) is 2.29. The number of para-hydroxylation sites is 2. The first kappa shape index (κ1) is 40.0. The van der Waals surface area contributed by atoms with Gasteiger partial charge in [-0.15, -0.1) is 0 Å². The molecular formula is C61H55NO2. The lowest BCUT2D eigenvalue weighted by atomic mass is 9.77. The van der Waals surface area contributed by atoms with Crippen molar-refractivity contribution < 1.29 is 9.15 Å². The van der Waals surface area contributed by atoms with Crippen LogP contribution in [0.3, 0.4) is 0 Å². The minimum absolute atomic E-state index is 0.0713. The van der Waals surface area contributed by atoms with Crippen LogP contribution in [0.2, 0.25) is 0 Å². The van der Waals surface area contributed by atoms with Crippen LogP contribution < -0.4 is 9.64 Å². The van der Waals surface area contributed by atoms with Gasteiger partial charge in [0.1, 0.15) is 22.7 Å². The van der Waals surface area contributed by atoms with Crippen LogP contribution in [0.25, 0.3) is 44.2 Å². The second-order valence-corrected chi connectivity index (χ2v) is 19.1. The van der Waals surface area contributed by atoms with Gasteiger partial charge >= 0.3 is 0 Å². The molecule has 64 heavy (non-hydrogen) atoms. The summed E-state index contributed by atoms with van der Waals surface area (Å²) in [6, 6.07) is 46.6. The van der Waals surface area contributed by atoms with E-state index in [-0.39, 0.29) is 10.8 Å². The van der Waals surface area contributed by atoms with E-state index >= 15 is 0 Å². The highest BCUT2D eigenvalue weighted by atomic mass is 16.5. The van der Waals surface area contributed by atoms with E-state index in [1.165, 1.54) is 50.2 Å². The van der Waals surface area contributed by atoms with Crippen molar-refractivity contribution in [2.45, 2.75) is 84.5 Å². The van der Waals surface area contributed by atoms with E-state index in [1.807, 2.05) is 18.2 Å². The highest BCUT2D eigenvalue weighted by Crippen LogP contribution is 2.59. The fraction of sp³-hybridized carbons (Fsp3) is 0.213. The zero-order valence-electron chi connectivity index (χ0n) is 38.1. The van der Waals surface area contributed by atoms with E-state index in [1.54, 1.807) is 0 Å². The molecule has 0 bridgehead atoms. The minimum atomic E-state index is -0.0934. The quantitative estimate of drug-likeness (QED) is 0.160. The summed E-state index contributed by atoms with van der Waals surface area (Å²) < 4.78 is 12.6. The maximum atomic E-state index is 6.31. The van der Waals surface area contributed by atoms with Gasteiger partial charge in [-0.25, -0.2) is 0 Å². The summed E-state index contributed by atoms with van der Waals surface area (Å²) in [5.41, 5.74) is 21.2. The summed E-state index contributed by atoms with van der Waals surface area (Å²) in [7, 11) is 0. The maximum absolute atomic E-state index is 6.31. The Kier molecular flexibility index (Phi) is 9.47. The predicted molar refractivity (Wildman–Crippen MR) is 268 cm³/mol. The number of allylic oxidation sites excluding steroid dienone is 11. The van der Waals surface area contributed by atoms with Crippen LogP contribution in [0.4, 0.5) is 11.4 Å². The Morgan fingerprint density at radius 1 is 0.719 bits per heavy atom. The number of hydrogen-bond donors (Lipinski definition) is 0. The normalized spacial score (nSPS) is 19.6. The molecule has 0 saturated carbocycles. The first-order valence-electron chi connectivity index (χ1n) is 23.1. The largest absolute Gasteiger partial charge is 0.461 e. The van der Waals surface area contributed by atoms with E-state index in [0.29, 0.717) is 5.92 Å². The van der Waals surface area contributed by atoms with Gasteiger partial charge in [0.05, 0.1) is 0 Å². The summed E-state index contributed by atoms with van der Waals surface area (Å²) >= 11 is 0. The SMILES string of the molecule is C/C=C\C=C1/C(C)c2cc3c(cc2C1(C)C)C1=C(CCC=C1N(c1ccc(C(/C=C2\Cc4ccccc4O2)=C/C)cc1)c1ccc(-c2ccc4c(c2)oc2ccccc24)cc1)C3(C)C. The van der Waals surface area contributed by atoms with Crippen molar-refractivity contribution in [2.75, 3.05) is 4.90 Å². The van der Waals surface area contributed by atoms with Gasteiger partial charge in [-0.05, 0) is 137 Å². The number of fused-ring (bicyclic) bond motifs is 7. The van der Waals surface area contributed by atoms with Crippen LogP contribution in [-0.4, -0.2) is 0 Å². The number of furan rings is 1. The number of rotatable bonds is 7. The Labute approximate surface area is 378 Å². The standard InChI is InChI=1S/C61H55NO2/c1-8-10-18-51-38(3)49-36-54-50(37-53(49)60(51,4)5)59-52(61(54,6)7)19-15-20-55(59)62(44-28-23-40(24-29-44)39(9-2)33-46-34-43-16-11-13-21-56(43)63-46)45-30-25-41(26-31-45)42-27-32-48-47-17-12-14-22-57(47)64-58(48)35-42/h8-14,16-18,20-33,35-38H,15,19,34H2,1-7H3/b10-8-,39-9+,46-33+,51-18+. The highest BCUT2D eigenvalue weighted by molar-refractivity contribution is 6.06. The van der Waals surface area contributed by atoms with E-state index in [9.17, 15) is 0 Å². The number of anilines is 2. The number of benzene rings is 6. The predicted octanol–water partition coefficient (Wildman–Crippen LogP) is 16.6. The molecule has 0 amide bonds. The van der Waals surface area contributed by atoms with E-state index in [4.69, 9.17) is 9.15 Å². The first-order chi connectivity index (χ1) is 31.0. The van der Waals surface area contributed by atoms with Gasteiger partial charge < -0.3 is 14.1 Å². The molecule has 0 saturated heterocycles. The zero-order chi connectivity index (χ0) is 43.9. The number of ether oxygens (including phenoxy) is 1. The van der Waals surface area contributed by atoms with Crippen LogP contribution in [0, 0.1) is 0 Å². The molecule has 7 aromatic rings. The van der Waals surface area contributed by atoms with Crippen LogP contribution in [0.5, 0.6) is 5.75 Å². The van der Waals surface area contributed by atoms with Crippen molar-refractivity contribution in [1.29, 1.82) is 0 Å². The van der Waals surface area contributed by atoms with Crippen molar-refractivity contribution in [3.05, 3.63) is 220 Å². The molecule has 2 heterocycles. The summed E-state index contributed by atoms with van der Waals surface area (Å²) in [6.07, 6.45) is 16.4. The molecule has 316 valence electrons. The molecule has 4 aliphatic rings. The lowest BCUT2D eigenvalue weighted by molar-refractivity contribution is 0.447. The molecular weight excluding hydrogens is 779 g/mol. The minimum Gasteiger partial charge on any atom is -0.461 e. The molecule has 6 aromatic carbocycles. The molecule has 1 aromatic heterocycles. The molecule has 3 nitrogen and oxygen atoms in total. The van der Waals surface area contributed by atoms with Gasteiger partial charge in [-0.1, -0.05) is 143 Å². The van der Waals surface area contributed by atoms with Crippen molar-refractivity contribution in [1.82, 2.24) is 0 Å². The third-order valence-corrected chi connectivity index (χ3v) is 14.7. The Bertz CT molecular complexity index is 3200. The molecule has 0 radical (unpaired) electrons. The molecule has 3 aliphatic carbocycles. The van der Waals surface area contributed by atoms with Crippen LogP contribution >= 0.6 is 0 Å². The number of nitrogens with zero attached hydrogens (tertiary/aromatic N) is 1. The molecule has 11 rings (SSSR count). The topological polar surface area (TPSA) is 25.6 Å². The summed E-state index contributed by atoms with van der Waals surface area (Å²) in [4.78, 5) is 2.51. The molecule has 1 aliphatic heterocycles. The molecule has 1 unspecified atom stereocenters. The molecule has 1 atom stereocenters. The second kappa shape index (κ2) is 15.2. The van der Waals surface area contributed by atoms with Crippen LogP contribution in [-0.2, 0) is 17.3 Å². The molecule has 0 spiro atoms. The average Bonchev–Trinajstić information content (AvgIpc) is 4.01. The lowest BCUT2D eigenvalue weighted by Crippen LogP contribution is -2.22. The molecule has 0 N–H and O–H groups in total. The second-order valence-electron chi connectivity index (χ2n) is 19.1. The first-order valence-corrected chi connectivity index (χ1v) is 23.1. The van der Waals surface area contributed by atoms with Gasteiger partial charge in [0.15, 0.2) is 0 Å². The lowest BCUT2D eigenvalue weighted by Gasteiger charge is -2.33. The third kappa shape index (κ3) is 6.31. The Balaban J connectivity index is 1.01. The van der Waals surface area contributed by atoms with Crippen molar-refractivity contribution >= 4 is 44.5 Å². The van der Waals surface area contributed by atoms with Crippen molar-refractivity contribution in [3.8, 4) is 16.9 Å². The van der Waals surface area contributed by atoms with Crippen molar-refractivity contribution in [3.63, 3.8) is 0 Å². The van der Waals surface area contributed by atoms with Gasteiger partial charge in [0, 0.05) is 62.1 Å².